The average molecular weight is 352 g/mol. The van der Waals surface area contributed by atoms with Crippen molar-refractivity contribution in [1.82, 2.24) is 14.9 Å². The highest BCUT2D eigenvalue weighted by molar-refractivity contribution is 5.95. The highest BCUT2D eigenvalue weighted by atomic mass is 19.1. The fourth-order valence-corrected chi connectivity index (χ4v) is 3.23. The summed E-state index contributed by atoms with van der Waals surface area (Å²) in [4.78, 5) is 24.7. The maximum absolute atomic E-state index is 13.9. The lowest BCUT2D eigenvalue weighted by Crippen LogP contribution is -2.49. The van der Waals surface area contributed by atoms with E-state index in [2.05, 4.69) is 9.97 Å². The van der Waals surface area contributed by atoms with Crippen LogP contribution < -0.4 is 4.90 Å². The van der Waals surface area contributed by atoms with Gasteiger partial charge in [0.25, 0.3) is 5.91 Å². The van der Waals surface area contributed by atoms with Crippen LogP contribution in [-0.4, -0.2) is 52.1 Å². The number of halogens is 1. The number of hydrogen-bond acceptors (Lipinski definition) is 5. The van der Waals surface area contributed by atoms with E-state index in [1.54, 1.807) is 29.2 Å². The van der Waals surface area contributed by atoms with Crippen molar-refractivity contribution < 1.29 is 14.3 Å². The molecule has 0 radical (unpaired) electrons. The number of phenols is 1. The molecule has 26 heavy (non-hydrogen) atoms. The van der Waals surface area contributed by atoms with Gasteiger partial charge in [0.1, 0.15) is 29.2 Å². The van der Waals surface area contributed by atoms with Crippen molar-refractivity contribution in [2.24, 2.45) is 0 Å². The molecule has 1 aliphatic heterocycles. The smallest absolute Gasteiger partial charge is 0.254 e. The van der Waals surface area contributed by atoms with Gasteiger partial charge in [0.05, 0.1) is 0 Å². The van der Waals surface area contributed by atoms with Gasteiger partial charge in [-0.15, -0.1) is 0 Å². The minimum Gasteiger partial charge on any atom is -0.508 e. The largest absolute Gasteiger partial charge is 0.508 e. The van der Waals surface area contributed by atoms with E-state index in [1.807, 2.05) is 4.90 Å². The van der Waals surface area contributed by atoms with Gasteiger partial charge in [0.15, 0.2) is 0 Å². The number of anilines is 1. The molecule has 1 aliphatic rings. The van der Waals surface area contributed by atoms with Crippen LogP contribution in [0.5, 0.6) is 5.75 Å². The molecule has 0 atom stereocenters. The predicted octanol–water partition coefficient (Wildman–Crippen LogP) is 2.44. The molecule has 0 unspecified atom stereocenters. The highest BCUT2D eigenvalue weighted by Crippen LogP contribution is 2.25. The maximum Gasteiger partial charge on any atom is 0.254 e. The van der Waals surface area contributed by atoms with E-state index in [0.29, 0.717) is 48.5 Å². The maximum atomic E-state index is 13.9. The number of benzene rings is 2. The van der Waals surface area contributed by atoms with Crippen LogP contribution in [0.4, 0.5) is 10.2 Å². The van der Waals surface area contributed by atoms with Crippen LogP contribution >= 0.6 is 0 Å². The molecule has 1 fully saturated rings. The third kappa shape index (κ3) is 2.92. The first-order valence-corrected chi connectivity index (χ1v) is 8.36. The van der Waals surface area contributed by atoms with E-state index in [4.69, 9.17) is 0 Å². The number of aromatic hydroxyl groups is 1. The number of hydrogen-bond donors (Lipinski definition) is 1. The second kappa shape index (κ2) is 6.59. The lowest BCUT2D eigenvalue weighted by atomic mass is 10.1. The molecule has 1 aromatic heterocycles. The summed E-state index contributed by atoms with van der Waals surface area (Å²) >= 11 is 0. The number of fused-ring (bicyclic) bond motifs is 1. The fourth-order valence-electron chi connectivity index (χ4n) is 3.23. The number of nitrogens with zero attached hydrogens (tertiary/aromatic N) is 4. The van der Waals surface area contributed by atoms with E-state index in [0.717, 1.165) is 0 Å². The molecule has 0 spiro atoms. The van der Waals surface area contributed by atoms with Gasteiger partial charge in [-0.25, -0.2) is 14.4 Å². The van der Waals surface area contributed by atoms with Gasteiger partial charge in [-0.1, -0.05) is 12.1 Å². The lowest BCUT2D eigenvalue weighted by molar-refractivity contribution is 0.0746. The van der Waals surface area contributed by atoms with Gasteiger partial charge in [-0.05, 0) is 30.3 Å². The Kier molecular flexibility index (Phi) is 4.12. The van der Waals surface area contributed by atoms with E-state index in [1.165, 1.54) is 24.5 Å². The zero-order valence-corrected chi connectivity index (χ0v) is 14.0. The first-order chi connectivity index (χ1) is 12.6. The quantitative estimate of drug-likeness (QED) is 0.767. The zero-order chi connectivity index (χ0) is 18.1. The van der Waals surface area contributed by atoms with Crippen molar-refractivity contribution in [3.05, 3.63) is 60.2 Å². The normalized spacial score (nSPS) is 14.7. The topological polar surface area (TPSA) is 69.6 Å². The number of amides is 1. The molecule has 3 aromatic rings. The Labute approximate surface area is 149 Å². The third-order valence-corrected chi connectivity index (χ3v) is 4.55. The first kappa shape index (κ1) is 16.3. The summed E-state index contributed by atoms with van der Waals surface area (Å²) < 4.78 is 13.9. The second-order valence-electron chi connectivity index (χ2n) is 6.16. The number of para-hydroxylation sites is 1. The van der Waals surface area contributed by atoms with Gasteiger partial charge >= 0.3 is 0 Å². The monoisotopic (exact) mass is 352 g/mol. The van der Waals surface area contributed by atoms with E-state index in [9.17, 15) is 14.3 Å². The van der Waals surface area contributed by atoms with Gasteiger partial charge < -0.3 is 14.9 Å². The Balaban J connectivity index is 1.52. The molecule has 1 saturated heterocycles. The molecule has 4 rings (SSSR count). The van der Waals surface area contributed by atoms with Crippen molar-refractivity contribution in [3.63, 3.8) is 0 Å². The van der Waals surface area contributed by atoms with Crippen LogP contribution in [0, 0.1) is 5.82 Å². The van der Waals surface area contributed by atoms with E-state index < -0.39 is 0 Å². The average Bonchev–Trinajstić information content (AvgIpc) is 2.67. The summed E-state index contributed by atoms with van der Waals surface area (Å²) in [5, 5.41) is 10.2. The van der Waals surface area contributed by atoms with Gasteiger partial charge in [0, 0.05) is 37.1 Å². The number of piperazine rings is 1. The Hall–Kier alpha value is -3.22. The van der Waals surface area contributed by atoms with Gasteiger partial charge in [0.2, 0.25) is 0 Å². The molecule has 0 aliphatic carbocycles. The Bertz CT molecular complexity index is 971. The summed E-state index contributed by atoms with van der Waals surface area (Å²) in [5.41, 5.74) is 0.767. The molecule has 132 valence electrons. The molecule has 2 aromatic carbocycles. The van der Waals surface area contributed by atoms with Crippen LogP contribution in [0.25, 0.3) is 10.9 Å². The summed E-state index contributed by atoms with van der Waals surface area (Å²) in [6.45, 7) is 2.23. The van der Waals surface area contributed by atoms with Crippen LogP contribution in [-0.2, 0) is 0 Å². The van der Waals surface area contributed by atoms with E-state index in [-0.39, 0.29) is 17.5 Å². The highest BCUT2D eigenvalue weighted by Gasteiger charge is 2.24. The summed E-state index contributed by atoms with van der Waals surface area (Å²) in [5.74, 6) is 0.269. The lowest BCUT2D eigenvalue weighted by Gasteiger charge is -2.35. The molecule has 6 nitrogen and oxygen atoms in total. The van der Waals surface area contributed by atoms with Crippen molar-refractivity contribution in [2.75, 3.05) is 31.1 Å². The SMILES string of the molecule is O=C(c1cccc(O)c1)N1CCN(c2ncnc3c(F)cccc23)CC1. The molecule has 2 heterocycles. The summed E-state index contributed by atoms with van der Waals surface area (Å²) in [6, 6.07) is 11.2. The Morgan fingerprint density at radius 2 is 1.81 bits per heavy atom. The van der Waals surface area contributed by atoms with Crippen LogP contribution in [0.15, 0.2) is 48.8 Å². The molecule has 1 amide bonds. The minimum absolute atomic E-state index is 0.0731. The third-order valence-electron chi connectivity index (χ3n) is 4.55. The Morgan fingerprint density at radius 1 is 1.04 bits per heavy atom. The van der Waals surface area contributed by atoms with Crippen LogP contribution in [0.3, 0.4) is 0 Å². The van der Waals surface area contributed by atoms with Crippen molar-refractivity contribution >= 4 is 22.6 Å². The first-order valence-electron chi connectivity index (χ1n) is 8.36. The zero-order valence-electron chi connectivity index (χ0n) is 14.0. The van der Waals surface area contributed by atoms with Gasteiger partial charge in [-0.3, -0.25) is 4.79 Å². The van der Waals surface area contributed by atoms with Crippen molar-refractivity contribution in [2.45, 2.75) is 0 Å². The van der Waals surface area contributed by atoms with Crippen molar-refractivity contribution in [1.29, 1.82) is 0 Å². The van der Waals surface area contributed by atoms with Crippen LogP contribution in [0.1, 0.15) is 10.4 Å². The Morgan fingerprint density at radius 3 is 2.58 bits per heavy atom. The minimum atomic E-state index is -0.371. The summed E-state index contributed by atoms with van der Waals surface area (Å²) in [6.07, 6.45) is 1.37. The number of phenolic OH excluding ortho intramolecular Hbond substituents is 1. The molecular weight excluding hydrogens is 335 g/mol. The van der Waals surface area contributed by atoms with Gasteiger partial charge in [-0.2, -0.15) is 0 Å². The number of rotatable bonds is 2. The van der Waals surface area contributed by atoms with Crippen LogP contribution in [0.2, 0.25) is 0 Å². The standard InChI is InChI=1S/C19H17FN4O2/c20-16-6-2-5-15-17(16)21-12-22-18(15)23-7-9-24(10-8-23)19(26)13-3-1-4-14(25)11-13/h1-6,11-12,25H,7-10H2. The number of carbonyl (C=O) groups excluding carboxylic acids is 1. The molecule has 0 bridgehead atoms. The second-order valence-corrected chi connectivity index (χ2v) is 6.16. The molecular formula is C19H17FN4O2. The predicted molar refractivity (Wildman–Crippen MR) is 95.7 cm³/mol. The molecule has 0 saturated carbocycles. The molecule has 1 N–H and O–H groups in total. The van der Waals surface area contributed by atoms with E-state index >= 15 is 0 Å². The molecule has 7 heteroatoms. The van der Waals surface area contributed by atoms with Crippen molar-refractivity contribution in [3.8, 4) is 5.75 Å². The number of carbonyl (C=O) groups is 1. The number of aromatic nitrogens is 2. The summed E-state index contributed by atoms with van der Waals surface area (Å²) in [7, 11) is 0. The fraction of sp³-hybridized carbons (Fsp3) is 0.211.